The molecule has 0 aliphatic heterocycles. The number of rotatable bonds is 5. The van der Waals surface area contributed by atoms with Crippen LogP contribution in [0.3, 0.4) is 0 Å². The van der Waals surface area contributed by atoms with Crippen molar-refractivity contribution < 1.29 is 0 Å². The molecule has 0 saturated heterocycles. The van der Waals surface area contributed by atoms with Gasteiger partial charge in [0.2, 0.25) is 0 Å². The van der Waals surface area contributed by atoms with Crippen LogP contribution in [0.4, 0.5) is 0 Å². The third kappa shape index (κ3) is 3.34. The topological polar surface area (TPSA) is 47.7 Å². The van der Waals surface area contributed by atoms with Gasteiger partial charge in [-0.15, -0.1) is 12.4 Å². The van der Waals surface area contributed by atoms with Crippen molar-refractivity contribution in [3.05, 3.63) is 35.4 Å². The van der Waals surface area contributed by atoms with Gasteiger partial charge < -0.3 is 5.32 Å². The van der Waals surface area contributed by atoms with Crippen LogP contribution >= 0.6 is 12.4 Å². The summed E-state index contributed by atoms with van der Waals surface area (Å²) in [5, 5.41) is 12.0. The predicted octanol–water partition coefficient (Wildman–Crippen LogP) is 1.66. The zero-order chi connectivity index (χ0) is 12.3. The van der Waals surface area contributed by atoms with Crippen LogP contribution in [-0.2, 0) is 26.7 Å². The molecule has 5 nitrogen and oxygen atoms in total. The van der Waals surface area contributed by atoms with Crippen molar-refractivity contribution >= 4 is 12.4 Å². The van der Waals surface area contributed by atoms with Gasteiger partial charge >= 0.3 is 0 Å². The fourth-order valence-electron chi connectivity index (χ4n) is 1.72. The molecule has 0 aliphatic carbocycles. The van der Waals surface area contributed by atoms with Crippen molar-refractivity contribution in [3.8, 4) is 0 Å². The SMILES string of the molecule is CCn1ccc(CNCc2cnn(C)c2C)n1.Cl. The van der Waals surface area contributed by atoms with E-state index < -0.39 is 0 Å². The lowest BCUT2D eigenvalue weighted by molar-refractivity contribution is 0.618. The van der Waals surface area contributed by atoms with Crippen LogP contribution in [-0.4, -0.2) is 19.6 Å². The molecular formula is C12H20ClN5. The van der Waals surface area contributed by atoms with Crippen LogP contribution < -0.4 is 5.32 Å². The van der Waals surface area contributed by atoms with Crippen molar-refractivity contribution in [3.63, 3.8) is 0 Å². The molecule has 0 radical (unpaired) electrons. The molecule has 0 unspecified atom stereocenters. The Bertz CT molecular complexity index is 488. The minimum absolute atomic E-state index is 0. The maximum Gasteiger partial charge on any atom is 0.0762 e. The van der Waals surface area contributed by atoms with Crippen LogP contribution in [0.2, 0.25) is 0 Å². The largest absolute Gasteiger partial charge is 0.307 e. The van der Waals surface area contributed by atoms with Crippen LogP contribution in [0.15, 0.2) is 18.5 Å². The minimum atomic E-state index is 0. The molecule has 0 fully saturated rings. The maximum absolute atomic E-state index is 4.42. The number of halogens is 1. The average molecular weight is 270 g/mol. The molecule has 1 N–H and O–H groups in total. The first-order valence-corrected chi connectivity index (χ1v) is 5.91. The second kappa shape index (κ2) is 6.56. The van der Waals surface area contributed by atoms with Crippen molar-refractivity contribution in [2.24, 2.45) is 7.05 Å². The quantitative estimate of drug-likeness (QED) is 0.898. The Morgan fingerprint density at radius 1 is 1.33 bits per heavy atom. The molecule has 0 aromatic carbocycles. The lowest BCUT2D eigenvalue weighted by atomic mass is 10.2. The zero-order valence-electron chi connectivity index (χ0n) is 11.1. The normalized spacial score (nSPS) is 10.4. The standard InChI is InChI=1S/C12H19N5.ClH/c1-4-17-6-5-12(15-17)9-13-7-11-8-14-16(3)10(11)2;/h5-6,8,13H,4,7,9H2,1-3H3;1H. The molecule has 0 bridgehead atoms. The monoisotopic (exact) mass is 269 g/mol. The van der Waals surface area contributed by atoms with E-state index in [-0.39, 0.29) is 12.4 Å². The number of hydrogen-bond donors (Lipinski definition) is 1. The summed E-state index contributed by atoms with van der Waals surface area (Å²) < 4.78 is 3.83. The Kier molecular flexibility index (Phi) is 5.37. The van der Waals surface area contributed by atoms with E-state index in [9.17, 15) is 0 Å². The van der Waals surface area contributed by atoms with Gasteiger partial charge in [-0.3, -0.25) is 9.36 Å². The second-order valence-corrected chi connectivity index (χ2v) is 4.15. The van der Waals surface area contributed by atoms with E-state index in [4.69, 9.17) is 0 Å². The molecule has 100 valence electrons. The fraction of sp³-hybridized carbons (Fsp3) is 0.500. The first-order chi connectivity index (χ1) is 8.20. The number of aryl methyl sites for hydroxylation is 2. The molecule has 2 heterocycles. The van der Waals surface area contributed by atoms with E-state index in [0.717, 1.165) is 25.3 Å². The summed E-state index contributed by atoms with van der Waals surface area (Å²) in [7, 11) is 1.96. The zero-order valence-corrected chi connectivity index (χ0v) is 11.9. The van der Waals surface area contributed by atoms with E-state index >= 15 is 0 Å². The van der Waals surface area contributed by atoms with E-state index in [2.05, 4.69) is 29.4 Å². The van der Waals surface area contributed by atoms with E-state index in [0.29, 0.717) is 0 Å². The van der Waals surface area contributed by atoms with Crippen molar-refractivity contribution in [1.29, 1.82) is 0 Å². The van der Waals surface area contributed by atoms with Crippen LogP contribution in [0.5, 0.6) is 0 Å². The van der Waals surface area contributed by atoms with Gasteiger partial charge in [-0.2, -0.15) is 10.2 Å². The number of nitrogens with one attached hydrogen (secondary N) is 1. The summed E-state index contributed by atoms with van der Waals surface area (Å²) in [6, 6.07) is 2.05. The molecule has 0 atom stereocenters. The highest BCUT2D eigenvalue weighted by atomic mass is 35.5. The Labute approximate surface area is 114 Å². The smallest absolute Gasteiger partial charge is 0.0762 e. The highest BCUT2D eigenvalue weighted by Gasteiger charge is 2.03. The molecule has 0 spiro atoms. The third-order valence-corrected chi connectivity index (χ3v) is 2.98. The summed E-state index contributed by atoms with van der Waals surface area (Å²) in [6.07, 6.45) is 3.92. The molecule has 2 rings (SSSR count). The Hall–Kier alpha value is -1.33. The number of aromatic nitrogens is 4. The summed E-state index contributed by atoms with van der Waals surface area (Å²) in [5.41, 5.74) is 3.52. The lowest BCUT2D eigenvalue weighted by Crippen LogP contribution is -2.14. The molecule has 0 amide bonds. The van der Waals surface area contributed by atoms with Gasteiger partial charge in [-0.05, 0) is 19.9 Å². The van der Waals surface area contributed by atoms with E-state index in [1.807, 2.05) is 34.9 Å². The van der Waals surface area contributed by atoms with Crippen molar-refractivity contribution in [2.75, 3.05) is 0 Å². The van der Waals surface area contributed by atoms with Gasteiger partial charge in [-0.25, -0.2) is 0 Å². The number of hydrogen-bond acceptors (Lipinski definition) is 3. The highest BCUT2D eigenvalue weighted by molar-refractivity contribution is 5.85. The van der Waals surface area contributed by atoms with Gasteiger partial charge in [-0.1, -0.05) is 0 Å². The lowest BCUT2D eigenvalue weighted by Gasteiger charge is -2.02. The van der Waals surface area contributed by atoms with Gasteiger partial charge in [0.05, 0.1) is 11.9 Å². The average Bonchev–Trinajstić information content (AvgIpc) is 2.90. The highest BCUT2D eigenvalue weighted by Crippen LogP contribution is 2.05. The molecule has 6 heteroatoms. The third-order valence-electron chi connectivity index (χ3n) is 2.98. The molecule has 2 aromatic heterocycles. The van der Waals surface area contributed by atoms with Gasteiger partial charge in [0.1, 0.15) is 0 Å². The summed E-state index contributed by atoms with van der Waals surface area (Å²) >= 11 is 0. The van der Waals surface area contributed by atoms with Crippen molar-refractivity contribution in [1.82, 2.24) is 24.9 Å². The summed E-state index contributed by atoms with van der Waals surface area (Å²) in [6.45, 7) is 6.71. The van der Waals surface area contributed by atoms with Gasteiger partial charge in [0, 0.05) is 44.1 Å². The Morgan fingerprint density at radius 2 is 2.11 bits per heavy atom. The molecule has 0 aliphatic rings. The fourth-order valence-corrected chi connectivity index (χ4v) is 1.72. The predicted molar refractivity (Wildman–Crippen MR) is 73.6 cm³/mol. The Morgan fingerprint density at radius 3 is 2.67 bits per heavy atom. The maximum atomic E-state index is 4.42. The molecular weight excluding hydrogens is 250 g/mol. The van der Waals surface area contributed by atoms with E-state index in [1.54, 1.807) is 0 Å². The van der Waals surface area contributed by atoms with E-state index in [1.165, 1.54) is 11.3 Å². The Balaban J connectivity index is 0.00000162. The number of nitrogens with zero attached hydrogens (tertiary/aromatic N) is 4. The first kappa shape index (κ1) is 14.7. The first-order valence-electron chi connectivity index (χ1n) is 5.91. The second-order valence-electron chi connectivity index (χ2n) is 4.15. The molecule has 0 saturated carbocycles. The van der Waals surface area contributed by atoms with Gasteiger partial charge in [0.15, 0.2) is 0 Å². The molecule has 18 heavy (non-hydrogen) atoms. The van der Waals surface area contributed by atoms with Crippen LogP contribution in [0.25, 0.3) is 0 Å². The van der Waals surface area contributed by atoms with Gasteiger partial charge in [0.25, 0.3) is 0 Å². The molecule has 2 aromatic rings. The summed E-state index contributed by atoms with van der Waals surface area (Å²) in [5.74, 6) is 0. The minimum Gasteiger partial charge on any atom is -0.307 e. The summed E-state index contributed by atoms with van der Waals surface area (Å²) in [4.78, 5) is 0. The van der Waals surface area contributed by atoms with Crippen molar-refractivity contribution in [2.45, 2.75) is 33.5 Å². The van der Waals surface area contributed by atoms with Crippen LogP contribution in [0, 0.1) is 6.92 Å². The van der Waals surface area contributed by atoms with Crippen LogP contribution in [0.1, 0.15) is 23.9 Å².